The van der Waals surface area contributed by atoms with E-state index in [1.807, 2.05) is 61.7 Å². The van der Waals surface area contributed by atoms with Gasteiger partial charge in [0.15, 0.2) is 0 Å². The fourth-order valence-electron chi connectivity index (χ4n) is 4.93. The minimum atomic E-state index is -0.340. The summed E-state index contributed by atoms with van der Waals surface area (Å²) in [6.07, 6.45) is 3.90. The Morgan fingerprint density at radius 2 is 1.39 bits per heavy atom. The maximum absolute atomic E-state index is 13.3. The van der Waals surface area contributed by atoms with Crippen molar-refractivity contribution < 1.29 is 14.3 Å². The lowest BCUT2D eigenvalue weighted by molar-refractivity contribution is 0.0600. The number of aryl methyl sites for hydroxylation is 1. The Bertz CT molecular complexity index is 1820. The van der Waals surface area contributed by atoms with Crippen LogP contribution in [0.15, 0.2) is 109 Å². The van der Waals surface area contributed by atoms with Crippen molar-refractivity contribution in [2.45, 2.75) is 13.5 Å². The highest BCUT2D eigenvalue weighted by Gasteiger charge is 2.13. The van der Waals surface area contributed by atoms with Gasteiger partial charge in [-0.15, -0.1) is 0 Å². The fraction of sp³-hybridized carbons (Fsp3) is 0.0909. The summed E-state index contributed by atoms with van der Waals surface area (Å²) < 4.78 is 8.77. The Balaban J connectivity index is 1.36. The molecule has 4 aromatic carbocycles. The molecular formula is C33H26N2O3. The summed E-state index contributed by atoms with van der Waals surface area (Å²) in [5.74, 6) is -0.386. The molecule has 0 atom stereocenters. The molecule has 0 spiro atoms. The lowest BCUT2D eigenvalue weighted by Crippen LogP contribution is -2.10. The van der Waals surface area contributed by atoms with Crippen LogP contribution >= 0.6 is 0 Å². The number of rotatable bonds is 5. The Kier molecular flexibility index (Phi) is 5.89. The topological polar surface area (TPSA) is 53.2 Å². The summed E-state index contributed by atoms with van der Waals surface area (Å²) in [6, 6.07) is 31.9. The minimum absolute atomic E-state index is 0.0457. The Morgan fingerprint density at radius 1 is 0.711 bits per heavy atom. The number of benzene rings is 4. The second-order valence-corrected chi connectivity index (χ2v) is 9.54. The van der Waals surface area contributed by atoms with E-state index in [-0.39, 0.29) is 11.9 Å². The monoisotopic (exact) mass is 498 g/mol. The zero-order valence-electron chi connectivity index (χ0n) is 21.2. The second-order valence-electron chi connectivity index (χ2n) is 9.54. The summed E-state index contributed by atoms with van der Waals surface area (Å²) in [5, 5.41) is 2.15. The molecular weight excluding hydrogens is 472 g/mol. The van der Waals surface area contributed by atoms with Crippen LogP contribution in [0.3, 0.4) is 0 Å². The Labute approximate surface area is 220 Å². The number of aromatic nitrogens is 2. The number of esters is 1. The smallest absolute Gasteiger partial charge is 0.337 e. The predicted molar refractivity (Wildman–Crippen MR) is 151 cm³/mol. The van der Waals surface area contributed by atoms with Crippen molar-refractivity contribution in [1.29, 1.82) is 0 Å². The minimum Gasteiger partial charge on any atom is -0.465 e. The molecule has 0 fully saturated rings. The van der Waals surface area contributed by atoms with Crippen molar-refractivity contribution in [1.82, 2.24) is 9.13 Å². The van der Waals surface area contributed by atoms with E-state index in [1.54, 1.807) is 10.6 Å². The molecule has 0 unspecified atom stereocenters. The molecule has 0 aliphatic rings. The van der Waals surface area contributed by atoms with E-state index in [4.69, 9.17) is 4.74 Å². The molecule has 0 radical (unpaired) electrons. The molecule has 38 heavy (non-hydrogen) atoms. The zero-order valence-corrected chi connectivity index (χ0v) is 21.2. The molecule has 5 nitrogen and oxygen atoms in total. The van der Waals surface area contributed by atoms with E-state index in [1.165, 1.54) is 7.11 Å². The largest absolute Gasteiger partial charge is 0.465 e. The molecule has 0 saturated carbocycles. The third kappa shape index (κ3) is 4.28. The van der Waals surface area contributed by atoms with Crippen molar-refractivity contribution in [3.05, 3.63) is 132 Å². The second kappa shape index (κ2) is 9.52. The van der Waals surface area contributed by atoms with E-state index in [2.05, 4.69) is 53.2 Å². The van der Waals surface area contributed by atoms with E-state index in [0.717, 1.165) is 44.1 Å². The quantitative estimate of drug-likeness (QED) is 0.238. The molecule has 0 aliphatic carbocycles. The van der Waals surface area contributed by atoms with Crippen molar-refractivity contribution in [3.8, 4) is 11.1 Å². The van der Waals surface area contributed by atoms with E-state index in [9.17, 15) is 9.59 Å². The van der Waals surface area contributed by atoms with E-state index < -0.39 is 0 Å². The molecule has 0 N–H and O–H groups in total. The summed E-state index contributed by atoms with van der Waals surface area (Å²) in [6.45, 7) is 2.64. The molecule has 0 saturated heterocycles. The van der Waals surface area contributed by atoms with Gasteiger partial charge in [-0.25, -0.2) is 4.79 Å². The van der Waals surface area contributed by atoms with Gasteiger partial charge in [0.05, 0.1) is 18.2 Å². The van der Waals surface area contributed by atoms with Gasteiger partial charge in [0.25, 0.3) is 5.91 Å². The first kappa shape index (κ1) is 23.5. The number of carbonyl (C=O) groups is 2. The van der Waals surface area contributed by atoms with Crippen LogP contribution < -0.4 is 0 Å². The molecule has 0 aliphatic heterocycles. The van der Waals surface area contributed by atoms with Crippen molar-refractivity contribution in [2.24, 2.45) is 0 Å². The number of fused-ring (bicyclic) bond motifs is 2. The molecule has 0 bridgehead atoms. The van der Waals surface area contributed by atoms with Gasteiger partial charge < -0.3 is 9.30 Å². The normalized spacial score (nSPS) is 11.2. The van der Waals surface area contributed by atoms with Crippen molar-refractivity contribution in [3.63, 3.8) is 0 Å². The van der Waals surface area contributed by atoms with Crippen LogP contribution in [0.25, 0.3) is 32.9 Å². The SMILES string of the molecule is COC(=O)c1cccc(Cn2ccc3ccc(-c4ccc5ccn(C(=O)c6ccc(C)cc6)c5c4)cc32)c1. The van der Waals surface area contributed by atoms with Gasteiger partial charge in [0.1, 0.15) is 0 Å². The standard InChI is InChI=1S/C33H26N2O3/c1-22-6-8-26(9-7-22)32(36)35-17-15-25-11-13-28(20-31(25)35)27-12-10-24-14-16-34(30(24)19-27)21-23-4-3-5-29(18-23)33(37)38-2/h3-20H,21H2,1-2H3. The number of hydrogen-bond donors (Lipinski definition) is 0. The third-order valence-corrected chi connectivity index (χ3v) is 7.02. The van der Waals surface area contributed by atoms with E-state index in [0.29, 0.717) is 17.7 Å². The number of hydrogen-bond acceptors (Lipinski definition) is 3. The Morgan fingerprint density at radius 3 is 2.13 bits per heavy atom. The number of methoxy groups -OCH3 is 1. The first-order chi connectivity index (χ1) is 18.5. The highest BCUT2D eigenvalue weighted by atomic mass is 16.5. The Hall–Kier alpha value is -4.90. The lowest BCUT2D eigenvalue weighted by atomic mass is 10.0. The number of ether oxygens (including phenoxy) is 1. The highest BCUT2D eigenvalue weighted by Crippen LogP contribution is 2.29. The molecule has 0 amide bonds. The maximum Gasteiger partial charge on any atom is 0.337 e. The molecule has 2 aromatic heterocycles. The summed E-state index contributed by atoms with van der Waals surface area (Å²) in [7, 11) is 1.39. The van der Waals surface area contributed by atoms with Crippen LogP contribution in [0.2, 0.25) is 0 Å². The average Bonchev–Trinajstić information content (AvgIpc) is 3.56. The summed E-state index contributed by atoms with van der Waals surface area (Å²) in [5.41, 5.74) is 7.42. The lowest BCUT2D eigenvalue weighted by Gasteiger charge is -2.10. The van der Waals surface area contributed by atoms with Gasteiger partial charge in [-0.1, -0.05) is 54.1 Å². The van der Waals surface area contributed by atoms with Crippen LogP contribution in [-0.2, 0) is 11.3 Å². The van der Waals surface area contributed by atoms with Gasteiger partial charge in [-0.05, 0) is 77.5 Å². The maximum atomic E-state index is 13.3. The van der Waals surface area contributed by atoms with Crippen LogP contribution in [0.4, 0.5) is 0 Å². The van der Waals surface area contributed by atoms with Crippen LogP contribution in [0, 0.1) is 6.92 Å². The predicted octanol–water partition coefficient (Wildman–Crippen LogP) is 7.09. The summed E-state index contributed by atoms with van der Waals surface area (Å²) in [4.78, 5) is 25.2. The first-order valence-electron chi connectivity index (χ1n) is 12.5. The average molecular weight is 499 g/mol. The van der Waals surface area contributed by atoms with Gasteiger partial charge in [-0.3, -0.25) is 9.36 Å². The first-order valence-corrected chi connectivity index (χ1v) is 12.5. The van der Waals surface area contributed by atoms with Gasteiger partial charge in [0, 0.05) is 35.4 Å². The highest BCUT2D eigenvalue weighted by molar-refractivity contribution is 6.03. The molecule has 5 heteroatoms. The van der Waals surface area contributed by atoms with Crippen LogP contribution in [-0.4, -0.2) is 28.1 Å². The molecule has 2 heterocycles. The van der Waals surface area contributed by atoms with Gasteiger partial charge in [0.2, 0.25) is 0 Å². The molecule has 6 aromatic rings. The zero-order chi connectivity index (χ0) is 26.2. The van der Waals surface area contributed by atoms with Gasteiger partial charge >= 0.3 is 5.97 Å². The van der Waals surface area contributed by atoms with E-state index >= 15 is 0 Å². The molecule has 186 valence electrons. The van der Waals surface area contributed by atoms with Crippen LogP contribution in [0.5, 0.6) is 0 Å². The van der Waals surface area contributed by atoms with Crippen molar-refractivity contribution in [2.75, 3.05) is 7.11 Å². The number of nitrogens with zero attached hydrogens (tertiary/aromatic N) is 2. The van der Waals surface area contributed by atoms with Gasteiger partial charge in [-0.2, -0.15) is 0 Å². The number of carbonyl (C=O) groups excluding carboxylic acids is 2. The van der Waals surface area contributed by atoms with Crippen molar-refractivity contribution >= 4 is 33.7 Å². The fourth-order valence-corrected chi connectivity index (χ4v) is 4.93. The molecule has 6 rings (SSSR count). The summed E-state index contributed by atoms with van der Waals surface area (Å²) >= 11 is 0. The third-order valence-electron chi connectivity index (χ3n) is 7.02. The van der Waals surface area contributed by atoms with Crippen LogP contribution in [0.1, 0.15) is 31.8 Å².